The van der Waals surface area contributed by atoms with Crippen LogP contribution in [0.2, 0.25) is 10.0 Å². The van der Waals surface area contributed by atoms with Crippen LogP contribution in [0, 0.1) is 5.92 Å². The van der Waals surface area contributed by atoms with Crippen molar-refractivity contribution in [3.63, 3.8) is 0 Å². The van der Waals surface area contributed by atoms with E-state index in [9.17, 15) is 0 Å². The second-order valence-corrected chi connectivity index (χ2v) is 5.64. The summed E-state index contributed by atoms with van der Waals surface area (Å²) in [6, 6.07) is 2.17. The van der Waals surface area contributed by atoms with Gasteiger partial charge in [-0.05, 0) is 24.8 Å². The van der Waals surface area contributed by atoms with E-state index in [-0.39, 0.29) is 0 Å². The second kappa shape index (κ2) is 5.98. The molecule has 0 radical (unpaired) electrons. The van der Waals surface area contributed by atoms with Crippen molar-refractivity contribution in [1.29, 1.82) is 0 Å². The molecule has 1 aliphatic rings. The summed E-state index contributed by atoms with van der Waals surface area (Å²) in [6.07, 6.45) is 5.00. The van der Waals surface area contributed by atoms with Gasteiger partial charge in [-0.25, -0.2) is 4.98 Å². The van der Waals surface area contributed by atoms with Crippen LogP contribution in [0.1, 0.15) is 32.6 Å². The Hall–Kier alpha value is -0.670. The lowest BCUT2D eigenvalue weighted by atomic mass is 10.1. The van der Waals surface area contributed by atoms with Crippen molar-refractivity contribution in [2.75, 3.05) is 17.7 Å². The molecule has 100 valence electrons. The summed E-state index contributed by atoms with van der Waals surface area (Å²) in [6.45, 7) is 2.18. The molecule has 0 saturated heterocycles. The van der Waals surface area contributed by atoms with Gasteiger partial charge in [0, 0.05) is 13.1 Å². The van der Waals surface area contributed by atoms with Crippen molar-refractivity contribution in [1.82, 2.24) is 4.98 Å². The number of halogens is 2. The monoisotopic (exact) mass is 287 g/mol. The van der Waals surface area contributed by atoms with Crippen molar-refractivity contribution in [2.45, 2.75) is 38.6 Å². The Balaban J connectivity index is 2.10. The maximum Gasteiger partial charge on any atom is 0.147 e. The third kappa shape index (κ3) is 3.42. The molecule has 1 atom stereocenters. The Bertz CT molecular complexity index is 419. The van der Waals surface area contributed by atoms with Gasteiger partial charge in [0.05, 0.1) is 10.0 Å². The highest BCUT2D eigenvalue weighted by Gasteiger charge is 2.25. The minimum absolute atomic E-state index is 0.438. The smallest absolute Gasteiger partial charge is 0.147 e. The third-order valence-electron chi connectivity index (χ3n) is 3.31. The van der Waals surface area contributed by atoms with Crippen molar-refractivity contribution >= 4 is 34.8 Å². The Labute approximate surface area is 118 Å². The van der Waals surface area contributed by atoms with Gasteiger partial charge < -0.3 is 10.6 Å². The van der Waals surface area contributed by atoms with Crippen LogP contribution in [0.4, 0.5) is 11.6 Å². The predicted octanol–water partition coefficient (Wildman–Crippen LogP) is 4.42. The number of anilines is 2. The second-order valence-electron chi connectivity index (χ2n) is 4.83. The fourth-order valence-corrected chi connectivity index (χ4v) is 2.53. The summed E-state index contributed by atoms with van der Waals surface area (Å²) >= 11 is 12.2. The molecule has 0 amide bonds. The molecule has 0 spiro atoms. The van der Waals surface area contributed by atoms with E-state index < -0.39 is 0 Å². The summed E-state index contributed by atoms with van der Waals surface area (Å²) in [4.78, 5) is 4.42. The fourth-order valence-electron chi connectivity index (χ4n) is 2.02. The van der Waals surface area contributed by atoms with Crippen molar-refractivity contribution in [3.8, 4) is 0 Å². The number of aromatic nitrogens is 1. The standard InChI is InChI=1S/C13H19Cl2N3/c1-3-9(6-8-4-5-8)17-13-11(15)7-10(14)12(16-2)18-13/h7-9H,3-6H2,1-2H3,(H2,16,17,18). The molecule has 3 nitrogen and oxygen atoms in total. The first-order valence-electron chi connectivity index (χ1n) is 6.44. The van der Waals surface area contributed by atoms with E-state index in [1.807, 2.05) is 0 Å². The van der Waals surface area contributed by atoms with Gasteiger partial charge in [-0.3, -0.25) is 0 Å². The molecular formula is C13H19Cl2N3. The quantitative estimate of drug-likeness (QED) is 0.813. The van der Waals surface area contributed by atoms with E-state index in [1.54, 1.807) is 13.1 Å². The van der Waals surface area contributed by atoms with Crippen LogP contribution >= 0.6 is 23.2 Å². The maximum absolute atomic E-state index is 6.17. The van der Waals surface area contributed by atoms with Crippen LogP contribution in [0.25, 0.3) is 0 Å². The van der Waals surface area contributed by atoms with E-state index in [0.29, 0.717) is 21.9 Å². The maximum atomic E-state index is 6.17. The Morgan fingerprint density at radius 3 is 2.56 bits per heavy atom. The van der Waals surface area contributed by atoms with Gasteiger partial charge in [0.15, 0.2) is 0 Å². The molecule has 5 heteroatoms. The molecule has 0 aliphatic heterocycles. The third-order valence-corrected chi connectivity index (χ3v) is 3.89. The van der Waals surface area contributed by atoms with Crippen LogP contribution in [0.15, 0.2) is 6.07 Å². The van der Waals surface area contributed by atoms with E-state index >= 15 is 0 Å². The number of pyridine rings is 1. The zero-order chi connectivity index (χ0) is 13.1. The molecule has 2 N–H and O–H groups in total. The molecule has 1 aromatic heterocycles. The Morgan fingerprint density at radius 2 is 2.00 bits per heavy atom. The normalized spacial score (nSPS) is 16.4. The molecule has 0 aromatic carbocycles. The molecule has 2 rings (SSSR count). The van der Waals surface area contributed by atoms with Gasteiger partial charge in [0.25, 0.3) is 0 Å². The van der Waals surface area contributed by atoms with Gasteiger partial charge in [-0.1, -0.05) is 43.0 Å². The summed E-state index contributed by atoms with van der Waals surface area (Å²) in [5, 5.41) is 7.52. The summed E-state index contributed by atoms with van der Waals surface area (Å²) in [5.74, 6) is 2.26. The number of hydrogen-bond donors (Lipinski definition) is 2. The van der Waals surface area contributed by atoms with E-state index in [0.717, 1.165) is 18.2 Å². The highest BCUT2D eigenvalue weighted by Crippen LogP contribution is 2.36. The molecule has 1 heterocycles. The van der Waals surface area contributed by atoms with Crippen LogP contribution < -0.4 is 10.6 Å². The molecule has 0 bridgehead atoms. The summed E-state index contributed by atoms with van der Waals surface area (Å²) in [5.41, 5.74) is 0. The Morgan fingerprint density at radius 1 is 1.33 bits per heavy atom. The lowest BCUT2D eigenvalue weighted by molar-refractivity contribution is 0.585. The average molecular weight is 288 g/mol. The SMILES string of the molecule is CCC(CC1CC1)Nc1nc(NC)c(Cl)cc1Cl. The Kier molecular flexibility index (Phi) is 4.57. The van der Waals surface area contributed by atoms with E-state index in [4.69, 9.17) is 23.2 Å². The first kappa shape index (κ1) is 13.8. The van der Waals surface area contributed by atoms with Crippen LogP contribution in [0.3, 0.4) is 0 Å². The molecule has 1 unspecified atom stereocenters. The van der Waals surface area contributed by atoms with Crippen LogP contribution in [-0.2, 0) is 0 Å². The molecule has 18 heavy (non-hydrogen) atoms. The van der Waals surface area contributed by atoms with Crippen molar-refractivity contribution in [2.24, 2.45) is 5.92 Å². The topological polar surface area (TPSA) is 37.0 Å². The van der Waals surface area contributed by atoms with E-state index in [1.165, 1.54) is 19.3 Å². The first-order valence-corrected chi connectivity index (χ1v) is 7.20. The minimum Gasteiger partial charge on any atom is -0.372 e. The molecule has 1 saturated carbocycles. The molecule has 1 fully saturated rings. The molecule has 1 aromatic rings. The summed E-state index contributed by atoms with van der Waals surface area (Å²) in [7, 11) is 1.80. The molecular weight excluding hydrogens is 269 g/mol. The minimum atomic E-state index is 0.438. The fraction of sp³-hybridized carbons (Fsp3) is 0.615. The number of nitrogens with one attached hydrogen (secondary N) is 2. The zero-order valence-electron chi connectivity index (χ0n) is 10.8. The van der Waals surface area contributed by atoms with E-state index in [2.05, 4.69) is 22.5 Å². The van der Waals surface area contributed by atoms with Gasteiger partial charge in [0.1, 0.15) is 11.6 Å². The largest absolute Gasteiger partial charge is 0.372 e. The first-order chi connectivity index (χ1) is 8.63. The molecule has 1 aliphatic carbocycles. The zero-order valence-corrected chi connectivity index (χ0v) is 12.3. The van der Waals surface area contributed by atoms with Crippen molar-refractivity contribution in [3.05, 3.63) is 16.1 Å². The number of nitrogens with zero attached hydrogens (tertiary/aromatic N) is 1. The lowest BCUT2D eigenvalue weighted by Crippen LogP contribution is -2.20. The highest BCUT2D eigenvalue weighted by molar-refractivity contribution is 6.37. The highest BCUT2D eigenvalue weighted by atomic mass is 35.5. The lowest BCUT2D eigenvalue weighted by Gasteiger charge is -2.19. The van der Waals surface area contributed by atoms with Crippen molar-refractivity contribution < 1.29 is 0 Å². The number of hydrogen-bond acceptors (Lipinski definition) is 3. The van der Waals surface area contributed by atoms with Gasteiger partial charge >= 0.3 is 0 Å². The van der Waals surface area contributed by atoms with Gasteiger partial charge in [-0.2, -0.15) is 0 Å². The van der Waals surface area contributed by atoms with Gasteiger partial charge in [-0.15, -0.1) is 0 Å². The van der Waals surface area contributed by atoms with Crippen LogP contribution in [0.5, 0.6) is 0 Å². The predicted molar refractivity (Wildman–Crippen MR) is 78.8 cm³/mol. The summed E-state index contributed by atoms with van der Waals surface area (Å²) < 4.78 is 0. The van der Waals surface area contributed by atoms with Gasteiger partial charge in [0.2, 0.25) is 0 Å². The average Bonchev–Trinajstić information content (AvgIpc) is 3.15. The number of rotatable bonds is 6. The van der Waals surface area contributed by atoms with Crippen LogP contribution in [-0.4, -0.2) is 18.1 Å².